The summed E-state index contributed by atoms with van der Waals surface area (Å²) >= 11 is 4.92. The number of hydrogen-bond acceptors (Lipinski definition) is 2. The normalized spacial score (nSPS) is 10.5. The number of rotatable bonds is 8. The first-order chi connectivity index (χ1) is 10.7. The maximum absolute atomic E-state index is 11.6. The molecular formula is C18H22N2OS. The number of aromatic amines is 1. The quantitative estimate of drug-likeness (QED) is 0.572. The standard InChI is InChI=1S/C18H22N2OS/c1-15(16-10-6-4-7-11-16)9-5-2-3-8-13-20-14-12-17(22)19-18(20)21/h4,6-7,10-12,14H,1-3,5,8-9,13H2,(H,19,21,22). The molecule has 0 aliphatic heterocycles. The first kappa shape index (κ1) is 16.4. The van der Waals surface area contributed by atoms with Gasteiger partial charge < -0.3 is 4.57 Å². The number of aromatic nitrogens is 2. The second-order valence-corrected chi connectivity index (χ2v) is 5.88. The van der Waals surface area contributed by atoms with Crippen LogP contribution < -0.4 is 5.69 Å². The van der Waals surface area contributed by atoms with Crippen molar-refractivity contribution in [2.24, 2.45) is 0 Å². The minimum absolute atomic E-state index is 0.120. The number of benzene rings is 1. The van der Waals surface area contributed by atoms with Crippen molar-refractivity contribution in [3.63, 3.8) is 0 Å². The first-order valence-electron chi connectivity index (χ1n) is 7.70. The molecule has 0 aliphatic carbocycles. The number of nitrogens with zero attached hydrogens (tertiary/aromatic N) is 1. The molecule has 4 heteroatoms. The second kappa shape index (κ2) is 8.49. The van der Waals surface area contributed by atoms with E-state index in [0.717, 1.165) is 38.6 Å². The molecule has 0 spiro atoms. The van der Waals surface area contributed by atoms with Gasteiger partial charge in [-0.05, 0) is 36.5 Å². The van der Waals surface area contributed by atoms with Crippen molar-refractivity contribution in [3.8, 4) is 0 Å². The molecule has 0 saturated heterocycles. The summed E-state index contributed by atoms with van der Waals surface area (Å²) in [6.07, 6.45) is 7.20. The van der Waals surface area contributed by atoms with Crippen molar-refractivity contribution in [1.29, 1.82) is 0 Å². The Bertz CT molecular complexity index is 716. The van der Waals surface area contributed by atoms with Gasteiger partial charge in [0.05, 0.1) is 0 Å². The fraction of sp³-hybridized carbons (Fsp3) is 0.333. The van der Waals surface area contributed by atoms with Crippen LogP contribution in [0.3, 0.4) is 0 Å². The highest BCUT2D eigenvalue weighted by Gasteiger charge is 1.99. The Morgan fingerprint density at radius 1 is 1.09 bits per heavy atom. The fourth-order valence-corrected chi connectivity index (χ4v) is 2.56. The van der Waals surface area contributed by atoms with E-state index in [2.05, 4.69) is 23.7 Å². The number of unbranched alkanes of at least 4 members (excludes halogenated alkanes) is 3. The molecule has 1 aromatic heterocycles. The molecule has 1 aromatic carbocycles. The van der Waals surface area contributed by atoms with Gasteiger partial charge in [0.2, 0.25) is 0 Å². The average molecular weight is 314 g/mol. The van der Waals surface area contributed by atoms with E-state index in [4.69, 9.17) is 12.2 Å². The van der Waals surface area contributed by atoms with Gasteiger partial charge in [-0.25, -0.2) is 4.79 Å². The van der Waals surface area contributed by atoms with Gasteiger partial charge in [0.25, 0.3) is 0 Å². The van der Waals surface area contributed by atoms with Crippen LogP contribution in [-0.4, -0.2) is 9.55 Å². The van der Waals surface area contributed by atoms with Crippen LogP contribution in [0.4, 0.5) is 0 Å². The maximum atomic E-state index is 11.6. The van der Waals surface area contributed by atoms with E-state index in [9.17, 15) is 4.79 Å². The highest BCUT2D eigenvalue weighted by Crippen LogP contribution is 2.19. The van der Waals surface area contributed by atoms with E-state index in [1.807, 2.05) is 18.2 Å². The van der Waals surface area contributed by atoms with Crippen LogP contribution in [0.1, 0.15) is 37.7 Å². The second-order valence-electron chi connectivity index (χ2n) is 5.44. The summed E-state index contributed by atoms with van der Waals surface area (Å²) in [7, 11) is 0. The summed E-state index contributed by atoms with van der Waals surface area (Å²) < 4.78 is 2.17. The molecule has 3 nitrogen and oxygen atoms in total. The molecule has 0 fully saturated rings. The van der Waals surface area contributed by atoms with Gasteiger partial charge >= 0.3 is 5.69 Å². The van der Waals surface area contributed by atoms with Crippen LogP contribution in [0.25, 0.3) is 5.57 Å². The Hall–Kier alpha value is -1.94. The number of aryl methyl sites for hydroxylation is 1. The highest BCUT2D eigenvalue weighted by atomic mass is 32.1. The van der Waals surface area contributed by atoms with Gasteiger partial charge in [-0.3, -0.25) is 4.98 Å². The van der Waals surface area contributed by atoms with Crippen molar-refractivity contribution >= 4 is 17.8 Å². The lowest BCUT2D eigenvalue weighted by atomic mass is 10.0. The van der Waals surface area contributed by atoms with E-state index in [-0.39, 0.29) is 5.69 Å². The highest BCUT2D eigenvalue weighted by molar-refractivity contribution is 7.71. The molecule has 1 N–H and O–H groups in total. The summed E-state index contributed by atoms with van der Waals surface area (Å²) in [5.41, 5.74) is 2.31. The van der Waals surface area contributed by atoms with Gasteiger partial charge in [-0.15, -0.1) is 0 Å². The summed E-state index contributed by atoms with van der Waals surface area (Å²) in [6.45, 7) is 4.89. The van der Waals surface area contributed by atoms with Crippen molar-refractivity contribution in [2.45, 2.75) is 38.6 Å². The Balaban J connectivity index is 1.64. The zero-order chi connectivity index (χ0) is 15.8. The Morgan fingerprint density at radius 3 is 2.55 bits per heavy atom. The Morgan fingerprint density at radius 2 is 1.82 bits per heavy atom. The molecular weight excluding hydrogens is 292 g/mol. The number of hydrogen-bond donors (Lipinski definition) is 1. The third kappa shape index (κ3) is 5.11. The molecule has 0 unspecified atom stereocenters. The van der Waals surface area contributed by atoms with Crippen molar-refractivity contribution in [1.82, 2.24) is 9.55 Å². The van der Waals surface area contributed by atoms with Crippen molar-refractivity contribution < 1.29 is 0 Å². The van der Waals surface area contributed by atoms with Crippen LogP contribution in [0.2, 0.25) is 0 Å². The third-order valence-electron chi connectivity index (χ3n) is 3.71. The minimum Gasteiger partial charge on any atom is -0.301 e. The summed E-state index contributed by atoms with van der Waals surface area (Å²) in [4.78, 5) is 14.3. The van der Waals surface area contributed by atoms with Crippen LogP contribution in [-0.2, 0) is 6.54 Å². The molecule has 2 rings (SSSR count). The van der Waals surface area contributed by atoms with Crippen molar-refractivity contribution in [2.75, 3.05) is 0 Å². The first-order valence-corrected chi connectivity index (χ1v) is 8.10. The van der Waals surface area contributed by atoms with Crippen LogP contribution in [0, 0.1) is 4.64 Å². The molecule has 0 amide bonds. The van der Waals surface area contributed by atoms with Crippen LogP contribution >= 0.6 is 12.2 Å². The number of H-pyrrole nitrogens is 1. The van der Waals surface area contributed by atoms with Gasteiger partial charge in [-0.1, -0.05) is 62.0 Å². The lowest BCUT2D eigenvalue weighted by Crippen LogP contribution is -2.22. The Kier molecular flexibility index (Phi) is 6.34. The fourth-order valence-electron chi connectivity index (χ4n) is 2.41. The topological polar surface area (TPSA) is 37.8 Å². The van der Waals surface area contributed by atoms with Gasteiger partial charge in [0.15, 0.2) is 0 Å². The van der Waals surface area contributed by atoms with Gasteiger partial charge in [-0.2, -0.15) is 0 Å². The summed E-state index contributed by atoms with van der Waals surface area (Å²) in [5, 5.41) is 0. The maximum Gasteiger partial charge on any atom is 0.326 e. The van der Waals surface area contributed by atoms with Gasteiger partial charge in [0, 0.05) is 12.7 Å². The van der Waals surface area contributed by atoms with E-state index in [1.54, 1.807) is 16.8 Å². The minimum atomic E-state index is -0.120. The molecule has 0 bridgehead atoms. The summed E-state index contributed by atoms with van der Waals surface area (Å²) in [6, 6.07) is 12.1. The largest absolute Gasteiger partial charge is 0.326 e. The number of allylic oxidation sites excluding steroid dienone is 1. The lowest BCUT2D eigenvalue weighted by Gasteiger charge is -2.07. The van der Waals surface area contributed by atoms with Crippen LogP contribution in [0.5, 0.6) is 0 Å². The monoisotopic (exact) mass is 314 g/mol. The zero-order valence-corrected chi connectivity index (χ0v) is 13.6. The number of nitrogens with one attached hydrogen (secondary N) is 1. The Labute approximate surface area is 136 Å². The zero-order valence-electron chi connectivity index (χ0n) is 12.8. The smallest absolute Gasteiger partial charge is 0.301 e. The van der Waals surface area contributed by atoms with Gasteiger partial charge in [0.1, 0.15) is 4.64 Å². The molecule has 0 aliphatic rings. The predicted molar refractivity (Wildman–Crippen MR) is 94.4 cm³/mol. The predicted octanol–water partition coefficient (Wildman–Crippen LogP) is 4.57. The molecule has 116 valence electrons. The van der Waals surface area contributed by atoms with Crippen LogP contribution in [0.15, 0.2) is 54.0 Å². The van der Waals surface area contributed by atoms with E-state index in [1.165, 1.54) is 11.1 Å². The third-order valence-corrected chi connectivity index (χ3v) is 3.94. The van der Waals surface area contributed by atoms with E-state index >= 15 is 0 Å². The average Bonchev–Trinajstić information content (AvgIpc) is 2.53. The SMILES string of the molecule is C=C(CCCCCCn1ccc(=S)[nH]c1=O)c1ccccc1. The molecule has 0 radical (unpaired) electrons. The van der Waals surface area contributed by atoms with E-state index < -0.39 is 0 Å². The molecule has 1 heterocycles. The molecule has 0 atom stereocenters. The lowest BCUT2D eigenvalue weighted by molar-refractivity contribution is 0.556. The molecule has 22 heavy (non-hydrogen) atoms. The molecule has 2 aromatic rings. The molecule has 0 saturated carbocycles. The van der Waals surface area contributed by atoms with Crippen molar-refractivity contribution in [3.05, 3.63) is 69.9 Å². The summed E-state index contributed by atoms with van der Waals surface area (Å²) in [5.74, 6) is 0. The van der Waals surface area contributed by atoms with E-state index in [0.29, 0.717) is 4.64 Å².